The third-order valence-corrected chi connectivity index (χ3v) is 3.05. The molecule has 0 aliphatic rings. The van der Waals surface area contributed by atoms with Crippen LogP contribution in [-0.2, 0) is 0 Å². The highest BCUT2D eigenvalue weighted by molar-refractivity contribution is 6.28. The second-order valence-corrected chi connectivity index (χ2v) is 4.58. The van der Waals surface area contributed by atoms with Gasteiger partial charge in [-0.2, -0.15) is 5.10 Å². The Morgan fingerprint density at radius 1 is 1.24 bits per heavy atom. The molecule has 0 fully saturated rings. The molecule has 21 heavy (non-hydrogen) atoms. The van der Waals surface area contributed by atoms with Crippen LogP contribution < -0.4 is 5.43 Å². The molecule has 0 saturated heterocycles. The molecule has 8 nitrogen and oxygen atoms in total. The first-order chi connectivity index (χ1) is 9.99. The van der Waals surface area contributed by atoms with Crippen molar-refractivity contribution in [2.24, 2.45) is 5.10 Å². The summed E-state index contributed by atoms with van der Waals surface area (Å²) in [6, 6.07) is 3.26. The minimum absolute atomic E-state index is 0.0547. The Bertz CT molecular complexity index is 565. The largest absolute Gasteiger partial charge is 0.301 e. The van der Waals surface area contributed by atoms with Gasteiger partial charge in [-0.1, -0.05) is 0 Å². The molecule has 114 valence electrons. The standard InChI is InChI=1S/C11H12Cl2N4O4/c12-5-1-2-8(7-13)14-15-10-4-3-9(16(18)19)6-11(10)17(20)21/h3-4,6,15H,1-2,5,7H2. The van der Waals surface area contributed by atoms with Gasteiger partial charge >= 0.3 is 5.69 Å². The van der Waals surface area contributed by atoms with Gasteiger partial charge in [-0.3, -0.25) is 25.7 Å². The molecule has 0 radical (unpaired) electrons. The zero-order valence-electron chi connectivity index (χ0n) is 10.8. The molecule has 1 aromatic rings. The Morgan fingerprint density at radius 2 is 1.95 bits per heavy atom. The number of benzene rings is 1. The highest BCUT2D eigenvalue weighted by atomic mass is 35.5. The van der Waals surface area contributed by atoms with Gasteiger partial charge in [0.05, 0.1) is 27.5 Å². The summed E-state index contributed by atoms with van der Waals surface area (Å²) < 4.78 is 0. The van der Waals surface area contributed by atoms with Crippen LogP contribution in [-0.4, -0.2) is 27.3 Å². The zero-order valence-corrected chi connectivity index (χ0v) is 12.3. The quantitative estimate of drug-likeness (QED) is 0.338. The normalized spacial score (nSPS) is 11.2. The highest BCUT2D eigenvalue weighted by Crippen LogP contribution is 2.28. The maximum atomic E-state index is 10.9. The molecule has 0 aliphatic heterocycles. The first-order valence-electron chi connectivity index (χ1n) is 5.85. The second kappa shape index (κ2) is 8.38. The monoisotopic (exact) mass is 334 g/mol. The first kappa shape index (κ1) is 17.1. The summed E-state index contributed by atoms with van der Waals surface area (Å²) in [4.78, 5) is 20.1. The van der Waals surface area contributed by atoms with Crippen molar-refractivity contribution in [2.75, 3.05) is 17.2 Å². The lowest BCUT2D eigenvalue weighted by Crippen LogP contribution is -2.06. The van der Waals surface area contributed by atoms with Gasteiger partial charge in [0.25, 0.3) is 5.69 Å². The lowest BCUT2D eigenvalue weighted by molar-refractivity contribution is -0.393. The van der Waals surface area contributed by atoms with Crippen molar-refractivity contribution < 1.29 is 9.85 Å². The average Bonchev–Trinajstić information content (AvgIpc) is 2.47. The van der Waals surface area contributed by atoms with Crippen LogP contribution in [0.2, 0.25) is 0 Å². The van der Waals surface area contributed by atoms with Crippen LogP contribution in [0.5, 0.6) is 0 Å². The first-order valence-corrected chi connectivity index (χ1v) is 6.92. The Balaban J connectivity index is 2.99. The SMILES string of the molecule is O=[N+]([O-])c1ccc(NN=C(CCl)CCCCl)c([N+](=O)[O-])c1. The maximum absolute atomic E-state index is 10.9. The molecule has 0 unspecified atom stereocenters. The van der Waals surface area contributed by atoms with E-state index in [0.29, 0.717) is 24.4 Å². The molecule has 0 aromatic heterocycles. The van der Waals surface area contributed by atoms with Crippen LogP contribution in [0.4, 0.5) is 17.1 Å². The van der Waals surface area contributed by atoms with E-state index in [1.54, 1.807) is 0 Å². The number of anilines is 1. The Labute approximate surface area is 130 Å². The van der Waals surface area contributed by atoms with Gasteiger partial charge in [-0.15, -0.1) is 23.2 Å². The molecule has 0 amide bonds. The summed E-state index contributed by atoms with van der Waals surface area (Å²) in [5.74, 6) is 0.609. The molecule has 1 rings (SSSR count). The summed E-state index contributed by atoms with van der Waals surface area (Å²) >= 11 is 11.3. The molecule has 0 spiro atoms. The second-order valence-electron chi connectivity index (χ2n) is 3.93. The topological polar surface area (TPSA) is 111 Å². The van der Waals surface area contributed by atoms with E-state index in [1.807, 2.05) is 0 Å². The van der Waals surface area contributed by atoms with E-state index in [0.717, 1.165) is 12.1 Å². The molecule has 1 aromatic carbocycles. The third-order valence-electron chi connectivity index (χ3n) is 2.48. The van der Waals surface area contributed by atoms with E-state index in [1.165, 1.54) is 6.07 Å². The number of nitrogens with one attached hydrogen (secondary N) is 1. The predicted octanol–water partition coefficient (Wildman–Crippen LogP) is 3.53. The molecular weight excluding hydrogens is 323 g/mol. The van der Waals surface area contributed by atoms with Crippen LogP contribution >= 0.6 is 23.2 Å². The lowest BCUT2D eigenvalue weighted by Gasteiger charge is -2.05. The average molecular weight is 335 g/mol. The minimum Gasteiger partial charge on any atom is -0.272 e. The van der Waals surface area contributed by atoms with Gasteiger partial charge < -0.3 is 0 Å². The maximum Gasteiger partial charge on any atom is 0.301 e. The number of hydrogen-bond donors (Lipinski definition) is 1. The van der Waals surface area contributed by atoms with Gasteiger partial charge in [0.2, 0.25) is 0 Å². The van der Waals surface area contributed by atoms with Crippen LogP contribution in [0.1, 0.15) is 12.8 Å². The molecule has 0 bridgehead atoms. The van der Waals surface area contributed by atoms with Crippen LogP contribution in [0.15, 0.2) is 23.3 Å². The Kier molecular flexibility index (Phi) is 6.83. The number of hydrazone groups is 1. The number of rotatable bonds is 8. The number of nitro benzene ring substituents is 2. The molecule has 0 saturated carbocycles. The van der Waals surface area contributed by atoms with Crippen molar-refractivity contribution in [1.29, 1.82) is 0 Å². The van der Waals surface area contributed by atoms with Gasteiger partial charge in [0.1, 0.15) is 5.69 Å². The molecule has 10 heteroatoms. The number of hydrogen-bond acceptors (Lipinski definition) is 6. The van der Waals surface area contributed by atoms with E-state index in [4.69, 9.17) is 23.2 Å². The van der Waals surface area contributed by atoms with Gasteiger partial charge in [-0.05, 0) is 18.9 Å². The number of nitro groups is 2. The van der Waals surface area contributed by atoms with Gasteiger partial charge in [0.15, 0.2) is 0 Å². The molecule has 0 heterocycles. The number of halogens is 2. The van der Waals surface area contributed by atoms with Crippen LogP contribution in [0.3, 0.4) is 0 Å². The predicted molar refractivity (Wildman–Crippen MR) is 81.5 cm³/mol. The summed E-state index contributed by atoms with van der Waals surface area (Å²) in [6.07, 6.45) is 1.23. The van der Waals surface area contributed by atoms with Crippen molar-refractivity contribution in [3.05, 3.63) is 38.4 Å². The van der Waals surface area contributed by atoms with Gasteiger partial charge in [-0.25, -0.2) is 0 Å². The fraction of sp³-hybridized carbons (Fsp3) is 0.364. The van der Waals surface area contributed by atoms with Crippen molar-refractivity contribution in [2.45, 2.75) is 12.8 Å². The summed E-state index contributed by atoms with van der Waals surface area (Å²) in [5, 5.41) is 25.5. The van der Waals surface area contributed by atoms with Gasteiger partial charge in [0, 0.05) is 11.9 Å². The van der Waals surface area contributed by atoms with E-state index in [-0.39, 0.29) is 17.3 Å². The van der Waals surface area contributed by atoms with E-state index in [9.17, 15) is 20.2 Å². The minimum atomic E-state index is -0.718. The number of alkyl halides is 2. The van der Waals surface area contributed by atoms with E-state index < -0.39 is 15.5 Å². The third kappa shape index (κ3) is 5.16. The molecule has 0 aliphatic carbocycles. The molecule has 1 N–H and O–H groups in total. The van der Waals surface area contributed by atoms with E-state index >= 15 is 0 Å². The summed E-state index contributed by atoms with van der Waals surface area (Å²) in [5.41, 5.74) is 2.36. The zero-order chi connectivity index (χ0) is 15.8. The fourth-order valence-electron chi connectivity index (χ4n) is 1.44. The number of nitrogens with zero attached hydrogens (tertiary/aromatic N) is 3. The summed E-state index contributed by atoms with van der Waals surface area (Å²) in [7, 11) is 0. The van der Waals surface area contributed by atoms with Crippen molar-refractivity contribution in [3.8, 4) is 0 Å². The lowest BCUT2D eigenvalue weighted by atomic mass is 10.2. The molecule has 0 atom stereocenters. The van der Waals surface area contributed by atoms with Crippen LogP contribution in [0.25, 0.3) is 0 Å². The Hall–Kier alpha value is -1.93. The smallest absolute Gasteiger partial charge is 0.272 e. The van der Waals surface area contributed by atoms with Crippen molar-refractivity contribution >= 4 is 46.0 Å². The summed E-state index contributed by atoms with van der Waals surface area (Å²) in [6.45, 7) is 0. The highest BCUT2D eigenvalue weighted by Gasteiger charge is 2.19. The van der Waals surface area contributed by atoms with Crippen LogP contribution in [0, 0.1) is 20.2 Å². The van der Waals surface area contributed by atoms with Crippen molar-refractivity contribution in [3.63, 3.8) is 0 Å². The molecular formula is C11H12Cl2N4O4. The number of non-ortho nitro benzene ring substituents is 1. The fourth-order valence-corrected chi connectivity index (χ4v) is 1.77. The van der Waals surface area contributed by atoms with E-state index in [2.05, 4.69) is 10.5 Å². The van der Waals surface area contributed by atoms with Crippen molar-refractivity contribution in [1.82, 2.24) is 0 Å². The Morgan fingerprint density at radius 3 is 2.48 bits per heavy atom.